The molecule has 1 aliphatic carbocycles. The number of allylic oxidation sites excluding steroid dienone is 1. The fourth-order valence-corrected chi connectivity index (χ4v) is 3.11. The van der Waals surface area contributed by atoms with Crippen LogP contribution in [0.4, 0.5) is 0 Å². The second-order valence-corrected chi connectivity index (χ2v) is 5.64. The zero-order chi connectivity index (χ0) is 16.4. The Morgan fingerprint density at radius 1 is 1.00 bits per heavy atom. The number of benzene rings is 2. The van der Waals surface area contributed by atoms with Gasteiger partial charge in [0.05, 0.1) is 12.7 Å². The molecule has 0 N–H and O–H groups in total. The number of carbonyl (C=O) groups is 2. The molecule has 0 heterocycles. The number of esters is 1. The molecule has 0 atom stereocenters. The fraction of sp³-hybridized carbons (Fsp3) is 0.200. The number of rotatable bonds is 3. The van der Waals surface area contributed by atoms with Crippen LogP contribution in [0.3, 0.4) is 0 Å². The SMILES string of the molecule is COC(=O)c1ccc2c(c1)C(c1ccccc1)=C(C(C)=O)CC2. The van der Waals surface area contributed by atoms with Crippen molar-refractivity contribution in [3.05, 3.63) is 76.4 Å². The van der Waals surface area contributed by atoms with Crippen LogP contribution in [0.1, 0.15) is 40.4 Å². The third kappa shape index (κ3) is 2.82. The Bertz CT molecular complexity index is 801. The van der Waals surface area contributed by atoms with Gasteiger partial charge in [-0.3, -0.25) is 4.79 Å². The summed E-state index contributed by atoms with van der Waals surface area (Å²) < 4.78 is 4.82. The lowest BCUT2D eigenvalue weighted by molar-refractivity contribution is -0.113. The molecule has 23 heavy (non-hydrogen) atoms. The maximum Gasteiger partial charge on any atom is 0.337 e. The molecule has 0 fully saturated rings. The minimum Gasteiger partial charge on any atom is -0.465 e. The van der Waals surface area contributed by atoms with Gasteiger partial charge in [-0.25, -0.2) is 4.79 Å². The number of Topliss-reactive ketones (excluding diaryl/α,β-unsaturated/α-hetero) is 1. The minimum atomic E-state index is -0.366. The Balaban J connectivity index is 2.24. The van der Waals surface area contributed by atoms with Gasteiger partial charge in [-0.15, -0.1) is 0 Å². The van der Waals surface area contributed by atoms with E-state index >= 15 is 0 Å². The third-order valence-corrected chi connectivity index (χ3v) is 4.23. The second-order valence-electron chi connectivity index (χ2n) is 5.64. The molecule has 0 aliphatic heterocycles. The van der Waals surface area contributed by atoms with Gasteiger partial charge in [0.1, 0.15) is 0 Å². The van der Waals surface area contributed by atoms with Crippen LogP contribution >= 0.6 is 0 Å². The highest BCUT2D eigenvalue weighted by molar-refractivity contribution is 6.06. The predicted octanol–water partition coefficient (Wildman–Crippen LogP) is 3.81. The zero-order valence-electron chi connectivity index (χ0n) is 13.3. The summed E-state index contributed by atoms with van der Waals surface area (Å²) >= 11 is 0. The Labute approximate surface area is 135 Å². The zero-order valence-corrected chi connectivity index (χ0v) is 13.3. The average molecular weight is 306 g/mol. The fourth-order valence-electron chi connectivity index (χ4n) is 3.11. The number of ketones is 1. The molecule has 2 aromatic rings. The van der Waals surface area contributed by atoms with E-state index in [-0.39, 0.29) is 11.8 Å². The first-order valence-corrected chi connectivity index (χ1v) is 7.63. The van der Waals surface area contributed by atoms with Crippen molar-refractivity contribution in [3.63, 3.8) is 0 Å². The van der Waals surface area contributed by atoms with Crippen molar-refractivity contribution in [2.24, 2.45) is 0 Å². The molecule has 3 rings (SSSR count). The number of hydrogen-bond donors (Lipinski definition) is 0. The van der Waals surface area contributed by atoms with E-state index in [9.17, 15) is 9.59 Å². The van der Waals surface area contributed by atoms with Crippen LogP contribution in [0, 0.1) is 0 Å². The smallest absolute Gasteiger partial charge is 0.337 e. The van der Waals surface area contributed by atoms with Crippen LogP contribution in [0.25, 0.3) is 5.57 Å². The molecule has 0 radical (unpaired) electrons. The molecular weight excluding hydrogens is 288 g/mol. The Kier molecular flexibility index (Phi) is 4.11. The van der Waals surface area contributed by atoms with Crippen LogP contribution in [-0.2, 0) is 16.0 Å². The number of fused-ring (bicyclic) bond motifs is 1. The first-order valence-electron chi connectivity index (χ1n) is 7.63. The maximum absolute atomic E-state index is 12.1. The largest absolute Gasteiger partial charge is 0.465 e. The van der Waals surface area contributed by atoms with Gasteiger partial charge in [-0.2, -0.15) is 0 Å². The summed E-state index contributed by atoms with van der Waals surface area (Å²) in [5.74, 6) is -0.284. The van der Waals surface area contributed by atoms with E-state index in [0.717, 1.165) is 40.7 Å². The van der Waals surface area contributed by atoms with Crippen molar-refractivity contribution in [3.8, 4) is 0 Å². The molecule has 1 aliphatic rings. The summed E-state index contributed by atoms with van der Waals surface area (Å²) in [5.41, 5.74) is 5.37. The van der Waals surface area contributed by atoms with Crippen molar-refractivity contribution >= 4 is 17.3 Å². The number of methoxy groups -OCH3 is 1. The predicted molar refractivity (Wildman–Crippen MR) is 89.2 cm³/mol. The average Bonchev–Trinajstić information content (AvgIpc) is 2.60. The summed E-state index contributed by atoms with van der Waals surface area (Å²) in [4.78, 5) is 24.0. The lowest BCUT2D eigenvalue weighted by Gasteiger charge is -2.23. The van der Waals surface area contributed by atoms with Crippen LogP contribution in [-0.4, -0.2) is 18.9 Å². The van der Waals surface area contributed by atoms with Crippen LogP contribution in [0.15, 0.2) is 54.1 Å². The monoisotopic (exact) mass is 306 g/mol. The number of carbonyl (C=O) groups excluding carboxylic acids is 2. The van der Waals surface area contributed by atoms with Gasteiger partial charge >= 0.3 is 5.97 Å². The maximum atomic E-state index is 12.1. The van der Waals surface area contributed by atoms with Crippen molar-refractivity contribution < 1.29 is 14.3 Å². The normalized spacial score (nSPS) is 13.5. The molecule has 0 saturated heterocycles. The van der Waals surface area contributed by atoms with Crippen LogP contribution < -0.4 is 0 Å². The molecule has 2 aromatic carbocycles. The van der Waals surface area contributed by atoms with Crippen LogP contribution in [0.5, 0.6) is 0 Å². The topological polar surface area (TPSA) is 43.4 Å². The van der Waals surface area contributed by atoms with Gasteiger partial charge in [-0.05, 0) is 54.2 Å². The lowest BCUT2D eigenvalue weighted by atomic mass is 9.80. The van der Waals surface area contributed by atoms with Crippen LogP contribution in [0.2, 0.25) is 0 Å². The Morgan fingerprint density at radius 2 is 1.74 bits per heavy atom. The van der Waals surface area contributed by atoms with E-state index in [1.807, 2.05) is 42.5 Å². The molecule has 0 amide bonds. The molecule has 0 saturated carbocycles. The highest BCUT2D eigenvalue weighted by atomic mass is 16.5. The number of hydrogen-bond acceptors (Lipinski definition) is 3. The Morgan fingerprint density at radius 3 is 2.39 bits per heavy atom. The van der Waals surface area contributed by atoms with E-state index in [0.29, 0.717) is 5.56 Å². The molecular formula is C20H18O3. The van der Waals surface area contributed by atoms with E-state index in [2.05, 4.69) is 0 Å². The standard InChI is InChI=1S/C20H18O3/c1-13(21)17-11-10-14-8-9-16(20(22)23-2)12-18(14)19(17)15-6-4-3-5-7-15/h3-9,12H,10-11H2,1-2H3. The highest BCUT2D eigenvalue weighted by Gasteiger charge is 2.23. The van der Waals surface area contributed by atoms with Crippen molar-refractivity contribution in [1.82, 2.24) is 0 Å². The molecule has 0 bridgehead atoms. The molecule has 116 valence electrons. The highest BCUT2D eigenvalue weighted by Crippen LogP contribution is 2.37. The minimum absolute atomic E-state index is 0.0815. The molecule has 0 spiro atoms. The Hall–Kier alpha value is -2.68. The van der Waals surface area contributed by atoms with Gasteiger partial charge in [0.2, 0.25) is 0 Å². The van der Waals surface area contributed by atoms with E-state index in [1.54, 1.807) is 13.0 Å². The van der Waals surface area contributed by atoms with Crippen molar-refractivity contribution in [1.29, 1.82) is 0 Å². The summed E-state index contributed by atoms with van der Waals surface area (Å²) in [7, 11) is 1.37. The van der Waals surface area contributed by atoms with Gasteiger partial charge in [0, 0.05) is 5.57 Å². The summed E-state index contributed by atoms with van der Waals surface area (Å²) in [5, 5.41) is 0. The van der Waals surface area contributed by atoms with E-state index in [1.165, 1.54) is 7.11 Å². The van der Waals surface area contributed by atoms with Crippen molar-refractivity contribution in [2.75, 3.05) is 7.11 Å². The second kappa shape index (κ2) is 6.21. The summed E-state index contributed by atoms with van der Waals surface area (Å²) in [6.07, 6.45) is 1.53. The van der Waals surface area contributed by atoms with Crippen molar-refractivity contribution in [2.45, 2.75) is 19.8 Å². The van der Waals surface area contributed by atoms with Gasteiger partial charge < -0.3 is 4.74 Å². The van der Waals surface area contributed by atoms with Gasteiger partial charge in [-0.1, -0.05) is 36.4 Å². The van der Waals surface area contributed by atoms with E-state index < -0.39 is 0 Å². The third-order valence-electron chi connectivity index (χ3n) is 4.23. The summed E-state index contributed by atoms with van der Waals surface area (Å²) in [6, 6.07) is 15.4. The molecule has 3 nitrogen and oxygen atoms in total. The summed E-state index contributed by atoms with van der Waals surface area (Å²) in [6.45, 7) is 1.60. The van der Waals surface area contributed by atoms with E-state index in [4.69, 9.17) is 4.74 Å². The molecule has 0 aromatic heterocycles. The number of aryl methyl sites for hydroxylation is 1. The quantitative estimate of drug-likeness (QED) is 0.810. The first kappa shape index (κ1) is 15.2. The van der Waals surface area contributed by atoms with Gasteiger partial charge in [0.25, 0.3) is 0 Å². The number of ether oxygens (including phenoxy) is 1. The molecule has 0 unspecified atom stereocenters. The van der Waals surface area contributed by atoms with Gasteiger partial charge in [0.15, 0.2) is 5.78 Å². The molecule has 3 heteroatoms. The lowest BCUT2D eigenvalue weighted by Crippen LogP contribution is -2.13. The first-order chi connectivity index (χ1) is 11.1.